The molecule has 0 spiro atoms. The molecule has 0 radical (unpaired) electrons. The Labute approximate surface area is 151 Å². The lowest BCUT2D eigenvalue weighted by atomic mass is 10.2. The molecule has 4 rings (SSSR count). The molecule has 2 fully saturated rings. The molecule has 2 aliphatic heterocycles. The van der Waals surface area contributed by atoms with E-state index in [0.29, 0.717) is 25.2 Å². The van der Waals surface area contributed by atoms with E-state index in [4.69, 9.17) is 0 Å². The number of nitrogens with one attached hydrogen (secondary N) is 1. The van der Waals surface area contributed by atoms with Crippen molar-refractivity contribution in [1.29, 1.82) is 0 Å². The molecular formula is C17H23N7O2. The molecule has 9 nitrogen and oxygen atoms in total. The van der Waals surface area contributed by atoms with E-state index in [1.807, 2.05) is 29.6 Å². The predicted molar refractivity (Wildman–Crippen MR) is 95.2 cm³/mol. The zero-order valence-corrected chi connectivity index (χ0v) is 15.3. The molecule has 1 atom stereocenters. The van der Waals surface area contributed by atoms with Gasteiger partial charge in [0.15, 0.2) is 0 Å². The molecule has 2 saturated heterocycles. The van der Waals surface area contributed by atoms with Crippen LogP contribution in [0.4, 0.5) is 10.5 Å². The van der Waals surface area contributed by atoms with Crippen molar-refractivity contribution in [2.45, 2.75) is 26.3 Å². The summed E-state index contributed by atoms with van der Waals surface area (Å²) in [5, 5.41) is 11.4. The van der Waals surface area contributed by atoms with Gasteiger partial charge in [0.05, 0.1) is 29.2 Å². The molecule has 3 amide bonds. The maximum Gasteiger partial charge on any atom is 0.324 e. The number of aromatic amines is 1. The number of anilines is 1. The number of hydrogen-bond donors (Lipinski definition) is 1. The number of rotatable bonds is 3. The van der Waals surface area contributed by atoms with E-state index in [1.54, 1.807) is 23.0 Å². The largest absolute Gasteiger partial charge is 0.336 e. The van der Waals surface area contributed by atoms with Crippen molar-refractivity contribution in [2.75, 3.05) is 38.1 Å². The van der Waals surface area contributed by atoms with Gasteiger partial charge in [-0.25, -0.2) is 4.79 Å². The number of H-pyrrole nitrogens is 1. The van der Waals surface area contributed by atoms with Crippen molar-refractivity contribution in [3.05, 3.63) is 29.3 Å². The number of likely N-dealkylation sites (tertiary alicyclic amines) is 1. The van der Waals surface area contributed by atoms with Crippen LogP contribution in [0.2, 0.25) is 0 Å². The monoisotopic (exact) mass is 357 g/mol. The van der Waals surface area contributed by atoms with Crippen LogP contribution >= 0.6 is 0 Å². The molecular weight excluding hydrogens is 334 g/mol. The summed E-state index contributed by atoms with van der Waals surface area (Å²) >= 11 is 0. The number of aryl methyl sites for hydroxylation is 2. The summed E-state index contributed by atoms with van der Waals surface area (Å²) in [7, 11) is 1.80. The Kier molecular flexibility index (Phi) is 3.93. The van der Waals surface area contributed by atoms with E-state index < -0.39 is 0 Å². The first-order chi connectivity index (χ1) is 12.5. The fourth-order valence-corrected chi connectivity index (χ4v) is 3.72. The second-order valence-electron chi connectivity index (χ2n) is 7.04. The highest BCUT2D eigenvalue weighted by molar-refractivity contribution is 5.96. The van der Waals surface area contributed by atoms with Gasteiger partial charge in [-0.2, -0.15) is 10.2 Å². The first-order valence-corrected chi connectivity index (χ1v) is 8.83. The molecule has 2 aliphatic rings. The Bertz CT molecular complexity index is 836. The molecule has 26 heavy (non-hydrogen) atoms. The number of aromatic nitrogens is 4. The minimum atomic E-state index is -0.00122. The van der Waals surface area contributed by atoms with Crippen LogP contribution in [-0.2, 0) is 0 Å². The molecule has 4 heterocycles. The lowest BCUT2D eigenvalue weighted by Crippen LogP contribution is -2.30. The van der Waals surface area contributed by atoms with E-state index in [2.05, 4.69) is 15.3 Å². The molecule has 0 aromatic carbocycles. The molecule has 138 valence electrons. The Hall–Kier alpha value is -2.84. The minimum Gasteiger partial charge on any atom is -0.336 e. The standard InChI is InChI=1S/C17H23N7O2/c1-11-15(12(2)20-19-11)16(25)22-5-4-13(9-22)24-10-14(8-18-24)23-7-6-21(3)17(23)26/h8,10,13H,4-7,9H2,1-3H3,(H,19,20). The van der Waals surface area contributed by atoms with Crippen molar-refractivity contribution >= 4 is 17.6 Å². The fourth-order valence-electron chi connectivity index (χ4n) is 3.72. The second-order valence-corrected chi connectivity index (χ2v) is 7.04. The lowest BCUT2D eigenvalue weighted by Gasteiger charge is -2.17. The Morgan fingerprint density at radius 2 is 2.08 bits per heavy atom. The number of carbonyl (C=O) groups is 2. The average molecular weight is 357 g/mol. The first kappa shape index (κ1) is 16.6. The van der Waals surface area contributed by atoms with Gasteiger partial charge in [0.25, 0.3) is 5.91 Å². The maximum absolute atomic E-state index is 12.8. The van der Waals surface area contributed by atoms with Gasteiger partial charge in [-0.05, 0) is 20.3 Å². The van der Waals surface area contributed by atoms with E-state index >= 15 is 0 Å². The minimum absolute atomic E-state index is 0.00122. The smallest absolute Gasteiger partial charge is 0.324 e. The van der Waals surface area contributed by atoms with Gasteiger partial charge in [0, 0.05) is 45.1 Å². The highest BCUT2D eigenvalue weighted by Crippen LogP contribution is 2.27. The number of amides is 3. The van der Waals surface area contributed by atoms with E-state index in [0.717, 1.165) is 30.0 Å². The topological polar surface area (TPSA) is 90.4 Å². The lowest BCUT2D eigenvalue weighted by molar-refractivity contribution is 0.0785. The van der Waals surface area contributed by atoms with Crippen LogP contribution in [-0.4, -0.2) is 74.9 Å². The molecule has 9 heteroatoms. The Balaban J connectivity index is 1.46. The predicted octanol–water partition coefficient (Wildman–Crippen LogP) is 1.18. The number of nitrogens with zero attached hydrogens (tertiary/aromatic N) is 6. The molecule has 2 aromatic rings. The third-order valence-electron chi connectivity index (χ3n) is 5.28. The SMILES string of the molecule is Cc1n[nH]c(C)c1C(=O)N1CCC(n2cc(N3CCN(C)C3=O)cn2)C1. The second kappa shape index (κ2) is 6.15. The van der Waals surface area contributed by atoms with Crippen LogP contribution in [0.15, 0.2) is 12.4 Å². The Morgan fingerprint density at radius 1 is 1.27 bits per heavy atom. The summed E-state index contributed by atoms with van der Waals surface area (Å²) in [6, 6.07) is 0.120. The van der Waals surface area contributed by atoms with Crippen LogP contribution < -0.4 is 4.90 Å². The van der Waals surface area contributed by atoms with Gasteiger partial charge in [-0.1, -0.05) is 0 Å². The van der Waals surface area contributed by atoms with Crippen LogP contribution in [0.25, 0.3) is 0 Å². The molecule has 2 aromatic heterocycles. The van der Waals surface area contributed by atoms with Crippen LogP contribution in [0.5, 0.6) is 0 Å². The normalized spacial score (nSPS) is 20.5. The summed E-state index contributed by atoms with van der Waals surface area (Å²) < 4.78 is 1.88. The van der Waals surface area contributed by atoms with E-state index in [-0.39, 0.29) is 18.0 Å². The quantitative estimate of drug-likeness (QED) is 0.893. The molecule has 1 N–H and O–H groups in total. The molecule has 0 aliphatic carbocycles. The van der Waals surface area contributed by atoms with Gasteiger partial charge >= 0.3 is 6.03 Å². The van der Waals surface area contributed by atoms with Gasteiger partial charge in [0.1, 0.15) is 0 Å². The summed E-state index contributed by atoms with van der Waals surface area (Å²) in [6.45, 7) is 6.40. The molecule has 0 saturated carbocycles. The zero-order chi connectivity index (χ0) is 18.4. The van der Waals surface area contributed by atoms with Crippen molar-refractivity contribution in [3.8, 4) is 0 Å². The van der Waals surface area contributed by atoms with Gasteiger partial charge in [-0.3, -0.25) is 19.5 Å². The highest BCUT2D eigenvalue weighted by atomic mass is 16.2. The van der Waals surface area contributed by atoms with E-state index in [1.165, 1.54) is 0 Å². The Morgan fingerprint density at radius 3 is 2.73 bits per heavy atom. The van der Waals surface area contributed by atoms with Gasteiger partial charge in [0.2, 0.25) is 0 Å². The summed E-state index contributed by atoms with van der Waals surface area (Å²) in [5.74, 6) is 0.0139. The third-order valence-corrected chi connectivity index (χ3v) is 5.28. The number of carbonyl (C=O) groups excluding carboxylic acids is 2. The van der Waals surface area contributed by atoms with Crippen molar-refractivity contribution in [3.63, 3.8) is 0 Å². The van der Waals surface area contributed by atoms with Crippen molar-refractivity contribution in [2.24, 2.45) is 0 Å². The highest BCUT2D eigenvalue weighted by Gasteiger charge is 2.32. The fraction of sp³-hybridized carbons (Fsp3) is 0.529. The van der Waals surface area contributed by atoms with Crippen LogP contribution in [0, 0.1) is 13.8 Å². The summed E-state index contributed by atoms with van der Waals surface area (Å²) in [5.41, 5.74) is 3.01. The first-order valence-electron chi connectivity index (χ1n) is 8.83. The van der Waals surface area contributed by atoms with Gasteiger partial charge < -0.3 is 9.80 Å². The zero-order valence-electron chi connectivity index (χ0n) is 15.3. The molecule has 1 unspecified atom stereocenters. The number of likely N-dealkylation sites (N-methyl/N-ethyl adjacent to an activating group) is 1. The van der Waals surface area contributed by atoms with Crippen LogP contribution in [0.1, 0.15) is 34.2 Å². The number of urea groups is 1. The summed E-state index contributed by atoms with van der Waals surface area (Å²) in [4.78, 5) is 30.2. The van der Waals surface area contributed by atoms with Gasteiger partial charge in [-0.15, -0.1) is 0 Å². The van der Waals surface area contributed by atoms with Crippen molar-refractivity contribution < 1.29 is 9.59 Å². The average Bonchev–Trinajstić information content (AvgIpc) is 3.37. The van der Waals surface area contributed by atoms with Crippen molar-refractivity contribution in [1.82, 2.24) is 29.8 Å². The summed E-state index contributed by atoms with van der Waals surface area (Å²) in [6.07, 6.45) is 4.48. The van der Waals surface area contributed by atoms with Crippen LogP contribution in [0.3, 0.4) is 0 Å². The molecule has 0 bridgehead atoms. The number of hydrogen-bond acceptors (Lipinski definition) is 4. The maximum atomic E-state index is 12.8. The van der Waals surface area contributed by atoms with E-state index in [9.17, 15) is 9.59 Å². The third kappa shape index (κ3) is 2.63.